The highest BCUT2D eigenvalue weighted by atomic mass is 16.3. The average molecular weight is 421 g/mol. The predicted octanol–water partition coefficient (Wildman–Crippen LogP) is 3.57. The fraction of sp³-hybridized carbons (Fsp3) is 0.458. The van der Waals surface area contributed by atoms with Crippen LogP contribution < -0.4 is 5.56 Å². The molecule has 0 saturated carbocycles. The Kier molecular flexibility index (Phi) is 4.93. The smallest absolute Gasteiger partial charge is 0.290 e. The van der Waals surface area contributed by atoms with Crippen LogP contribution >= 0.6 is 0 Å². The van der Waals surface area contributed by atoms with Crippen LogP contribution in [-0.4, -0.2) is 44.8 Å². The molecule has 0 unspecified atom stereocenters. The first kappa shape index (κ1) is 20.0. The van der Waals surface area contributed by atoms with E-state index in [-0.39, 0.29) is 17.5 Å². The summed E-state index contributed by atoms with van der Waals surface area (Å²) in [7, 11) is 0. The average Bonchev–Trinajstić information content (AvgIpc) is 3.38. The topological polar surface area (TPSA) is 82.4 Å². The molecule has 2 aliphatic rings. The van der Waals surface area contributed by atoms with Crippen molar-refractivity contribution in [3.8, 4) is 0 Å². The van der Waals surface area contributed by atoms with Gasteiger partial charge in [0.25, 0.3) is 11.5 Å². The zero-order chi connectivity index (χ0) is 21.7. The Hall–Kier alpha value is -2.93. The van der Waals surface area contributed by atoms with Crippen LogP contribution in [0.1, 0.15) is 65.9 Å². The van der Waals surface area contributed by atoms with Gasteiger partial charge in [0.15, 0.2) is 5.76 Å². The number of aromatic nitrogens is 2. The third kappa shape index (κ3) is 3.37. The molecule has 1 aromatic carbocycles. The van der Waals surface area contributed by atoms with Gasteiger partial charge in [0, 0.05) is 42.2 Å². The summed E-state index contributed by atoms with van der Waals surface area (Å²) >= 11 is 0. The van der Waals surface area contributed by atoms with Gasteiger partial charge >= 0.3 is 0 Å². The van der Waals surface area contributed by atoms with Crippen LogP contribution in [0.4, 0.5) is 0 Å². The third-order valence-corrected chi connectivity index (χ3v) is 6.72. The normalized spacial score (nSPS) is 19.4. The summed E-state index contributed by atoms with van der Waals surface area (Å²) in [6.45, 7) is 8.40. The maximum atomic E-state index is 13.4. The fourth-order valence-electron chi connectivity index (χ4n) is 4.88. The lowest BCUT2D eigenvalue weighted by atomic mass is 10.0. The molecule has 2 aromatic heterocycles. The lowest BCUT2D eigenvalue weighted by molar-refractivity contribution is 0.0698. The minimum atomic E-state index is -0.243. The summed E-state index contributed by atoms with van der Waals surface area (Å²) in [5.41, 5.74) is 3.13. The lowest BCUT2D eigenvalue weighted by Gasteiger charge is -2.31. The monoisotopic (exact) mass is 420 g/mol. The summed E-state index contributed by atoms with van der Waals surface area (Å²) in [6, 6.07) is 7.85. The molecule has 0 radical (unpaired) electrons. The van der Waals surface area contributed by atoms with E-state index in [0.29, 0.717) is 42.7 Å². The number of hydrogen-bond donors (Lipinski definition) is 1. The summed E-state index contributed by atoms with van der Waals surface area (Å²) in [6.07, 6.45) is 2.36. The Morgan fingerprint density at radius 1 is 1.26 bits per heavy atom. The van der Waals surface area contributed by atoms with Crippen LogP contribution in [0, 0.1) is 6.92 Å². The first-order valence-electron chi connectivity index (χ1n) is 11.1. The minimum absolute atomic E-state index is 0.0670. The van der Waals surface area contributed by atoms with Gasteiger partial charge in [-0.15, -0.1) is 0 Å². The number of carbonyl (C=O) groups is 1. The quantitative estimate of drug-likeness (QED) is 0.700. The Labute approximate surface area is 181 Å². The van der Waals surface area contributed by atoms with Crippen molar-refractivity contribution in [2.24, 2.45) is 0 Å². The number of furan rings is 1. The van der Waals surface area contributed by atoms with Gasteiger partial charge in [0.1, 0.15) is 11.4 Å². The fourth-order valence-corrected chi connectivity index (χ4v) is 4.88. The molecule has 7 nitrogen and oxygen atoms in total. The zero-order valence-corrected chi connectivity index (χ0v) is 18.3. The number of H-pyrrole nitrogens is 1. The molecule has 1 fully saturated rings. The summed E-state index contributed by atoms with van der Waals surface area (Å²) < 4.78 is 5.92. The number of para-hydroxylation sites is 1. The minimum Gasteiger partial charge on any atom is -0.451 e. The molecule has 1 amide bonds. The standard InChI is InChI=1S/C24H28N4O3/c1-14(2)27-12-10-17-18(13-27)25-22(26-23(17)29)19-8-6-11-28(19)24(30)21-15(3)16-7-4-5-9-20(16)31-21/h4-5,7,9,14,19H,6,8,10-13H2,1-3H3,(H,25,26,29)/t19-/m1/s1. The van der Waals surface area contributed by atoms with E-state index in [9.17, 15) is 9.59 Å². The van der Waals surface area contributed by atoms with Crippen LogP contribution in [0.3, 0.4) is 0 Å². The van der Waals surface area contributed by atoms with E-state index in [2.05, 4.69) is 23.7 Å². The Morgan fingerprint density at radius 3 is 2.84 bits per heavy atom. The first-order chi connectivity index (χ1) is 14.9. The molecule has 0 spiro atoms. The molecule has 7 heteroatoms. The highest BCUT2D eigenvalue weighted by Crippen LogP contribution is 2.34. The molecule has 1 saturated heterocycles. The number of nitrogens with zero attached hydrogens (tertiary/aromatic N) is 3. The van der Waals surface area contributed by atoms with Gasteiger partial charge in [-0.1, -0.05) is 18.2 Å². The highest BCUT2D eigenvalue weighted by Gasteiger charge is 2.36. The van der Waals surface area contributed by atoms with Crippen molar-refractivity contribution >= 4 is 16.9 Å². The molecular weight excluding hydrogens is 392 g/mol. The van der Waals surface area contributed by atoms with Crippen LogP contribution in [0.15, 0.2) is 33.5 Å². The molecule has 2 aliphatic heterocycles. The lowest BCUT2D eigenvalue weighted by Crippen LogP contribution is -2.40. The van der Waals surface area contributed by atoms with E-state index in [1.807, 2.05) is 31.2 Å². The number of aryl methyl sites for hydroxylation is 1. The summed E-state index contributed by atoms with van der Waals surface area (Å²) in [4.78, 5) is 38.2. The van der Waals surface area contributed by atoms with Crippen molar-refractivity contribution in [2.45, 2.75) is 58.7 Å². The highest BCUT2D eigenvalue weighted by molar-refractivity contribution is 5.99. The van der Waals surface area contributed by atoms with Crippen LogP contribution in [0.2, 0.25) is 0 Å². The number of fused-ring (bicyclic) bond motifs is 2. The van der Waals surface area contributed by atoms with Crippen molar-refractivity contribution in [1.82, 2.24) is 19.8 Å². The van der Waals surface area contributed by atoms with Gasteiger partial charge < -0.3 is 14.3 Å². The van der Waals surface area contributed by atoms with Gasteiger partial charge in [-0.05, 0) is 46.1 Å². The molecule has 3 aromatic rings. The third-order valence-electron chi connectivity index (χ3n) is 6.72. The first-order valence-corrected chi connectivity index (χ1v) is 11.1. The second-order valence-electron chi connectivity index (χ2n) is 8.90. The van der Waals surface area contributed by atoms with Crippen LogP contribution in [-0.2, 0) is 13.0 Å². The van der Waals surface area contributed by atoms with E-state index < -0.39 is 0 Å². The Balaban J connectivity index is 1.49. The zero-order valence-electron chi connectivity index (χ0n) is 18.3. The molecule has 31 heavy (non-hydrogen) atoms. The maximum absolute atomic E-state index is 13.4. The van der Waals surface area contributed by atoms with Crippen molar-refractivity contribution in [3.63, 3.8) is 0 Å². The van der Waals surface area contributed by atoms with Crippen molar-refractivity contribution in [1.29, 1.82) is 0 Å². The molecule has 0 bridgehead atoms. The maximum Gasteiger partial charge on any atom is 0.290 e. The predicted molar refractivity (Wildman–Crippen MR) is 118 cm³/mol. The van der Waals surface area contributed by atoms with Crippen LogP contribution in [0.5, 0.6) is 0 Å². The van der Waals surface area contributed by atoms with E-state index >= 15 is 0 Å². The Morgan fingerprint density at radius 2 is 2.06 bits per heavy atom. The number of carbonyl (C=O) groups excluding carboxylic acids is 1. The molecule has 162 valence electrons. The number of benzene rings is 1. The van der Waals surface area contributed by atoms with Gasteiger partial charge in [-0.3, -0.25) is 14.5 Å². The molecule has 1 atom stereocenters. The molecule has 4 heterocycles. The SMILES string of the molecule is Cc1c(C(=O)N2CCC[C@@H]2c2nc3c(c(=O)[nH]2)CCN(C(C)C)C3)oc2ccccc12. The van der Waals surface area contributed by atoms with E-state index in [1.165, 1.54) is 0 Å². The second-order valence-corrected chi connectivity index (χ2v) is 8.90. The van der Waals surface area contributed by atoms with Crippen molar-refractivity contribution in [2.75, 3.05) is 13.1 Å². The Bertz CT molecular complexity index is 1210. The molecule has 0 aliphatic carbocycles. The summed E-state index contributed by atoms with van der Waals surface area (Å²) in [5, 5.41) is 0.954. The number of rotatable bonds is 3. The summed E-state index contributed by atoms with van der Waals surface area (Å²) in [5.74, 6) is 0.828. The van der Waals surface area contributed by atoms with Crippen molar-refractivity contribution in [3.05, 3.63) is 63.0 Å². The van der Waals surface area contributed by atoms with Gasteiger partial charge in [-0.2, -0.15) is 0 Å². The van der Waals surface area contributed by atoms with E-state index in [1.54, 1.807) is 4.90 Å². The molecule has 1 N–H and O–H groups in total. The van der Waals surface area contributed by atoms with Crippen LogP contribution in [0.25, 0.3) is 11.0 Å². The number of hydrogen-bond acceptors (Lipinski definition) is 5. The second kappa shape index (κ2) is 7.64. The number of amides is 1. The number of nitrogens with one attached hydrogen (secondary N) is 1. The molecule has 5 rings (SSSR count). The van der Waals surface area contributed by atoms with Gasteiger partial charge in [0.2, 0.25) is 0 Å². The molecular formula is C24H28N4O3. The largest absolute Gasteiger partial charge is 0.451 e. The number of aromatic amines is 1. The van der Waals surface area contributed by atoms with Gasteiger partial charge in [-0.25, -0.2) is 4.98 Å². The number of likely N-dealkylation sites (tertiary alicyclic amines) is 1. The van der Waals surface area contributed by atoms with Gasteiger partial charge in [0.05, 0.1) is 11.7 Å². The van der Waals surface area contributed by atoms with E-state index in [4.69, 9.17) is 9.40 Å². The van der Waals surface area contributed by atoms with Crippen molar-refractivity contribution < 1.29 is 9.21 Å². The van der Waals surface area contributed by atoms with E-state index in [0.717, 1.165) is 41.6 Å².